The van der Waals surface area contributed by atoms with E-state index in [1.807, 2.05) is 17.5 Å². The van der Waals surface area contributed by atoms with Crippen LogP contribution in [-0.2, 0) is 0 Å². The fourth-order valence-corrected chi connectivity index (χ4v) is 2.07. The van der Waals surface area contributed by atoms with Crippen LogP contribution in [-0.4, -0.2) is 11.5 Å². The molecule has 4 heteroatoms. The van der Waals surface area contributed by atoms with Crippen molar-refractivity contribution in [1.82, 2.24) is 4.37 Å². The summed E-state index contributed by atoms with van der Waals surface area (Å²) in [5, 5.41) is 3.52. The van der Waals surface area contributed by atoms with Crippen molar-refractivity contribution in [3.63, 3.8) is 0 Å². The van der Waals surface area contributed by atoms with Gasteiger partial charge in [0, 0.05) is 10.8 Å². The van der Waals surface area contributed by atoms with Crippen LogP contribution in [0.25, 0.3) is 10.9 Å². The third-order valence-corrected chi connectivity index (χ3v) is 2.70. The predicted octanol–water partition coefficient (Wildman–Crippen LogP) is 2.96. The summed E-state index contributed by atoms with van der Waals surface area (Å²) in [6, 6.07) is 3.72. The van der Waals surface area contributed by atoms with E-state index in [-0.39, 0.29) is 0 Å². The van der Waals surface area contributed by atoms with Gasteiger partial charge >= 0.3 is 0 Å². The highest BCUT2D eigenvalue weighted by Gasteiger charge is 2.06. The lowest BCUT2D eigenvalue weighted by molar-refractivity contribution is 0.415. The zero-order valence-electron chi connectivity index (χ0n) is 6.37. The Hall–Kier alpha value is -0.800. The number of aromatic nitrogens is 1. The molecule has 0 amide bonds. The molecule has 0 aliphatic heterocycles. The third-order valence-electron chi connectivity index (χ3n) is 1.66. The number of methoxy groups -OCH3 is 1. The van der Waals surface area contributed by atoms with Crippen LogP contribution in [0.4, 0.5) is 0 Å². The minimum absolute atomic E-state index is 0.642. The monoisotopic (exact) mass is 199 g/mol. The fraction of sp³-hybridized carbons (Fsp3) is 0.125. The van der Waals surface area contributed by atoms with E-state index in [1.165, 1.54) is 11.5 Å². The normalized spacial score (nSPS) is 10.5. The molecule has 2 rings (SSSR count). The molecule has 1 heterocycles. The number of rotatable bonds is 1. The first-order valence-corrected chi connectivity index (χ1v) is 4.61. The van der Waals surface area contributed by atoms with E-state index in [0.29, 0.717) is 10.8 Å². The van der Waals surface area contributed by atoms with Gasteiger partial charge in [-0.15, -0.1) is 0 Å². The number of nitrogens with zero attached hydrogens (tertiary/aromatic N) is 1. The molecule has 0 saturated carbocycles. The van der Waals surface area contributed by atoms with E-state index in [1.54, 1.807) is 7.11 Å². The highest BCUT2D eigenvalue weighted by Crippen LogP contribution is 2.32. The van der Waals surface area contributed by atoms with Crippen LogP contribution in [0.2, 0.25) is 5.02 Å². The van der Waals surface area contributed by atoms with Crippen LogP contribution in [0.1, 0.15) is 0 Å². The summed E-state index contributed by atoms with van der Waals surface area (Å²) in [4.78, 5) is 0. The highest BCUT2D eigenvalue weighted by atomic mass is 35.5. The Bertz CT molecular complexity index is 412. The van der Waals surface area contributed by atoms with E-state index in [4.69, 9.17) is 16.3 Å². The molecule has 0 atom stereocenters. The summed E-state index contributed by atoms with van der Waals surface area (Å²) >= 11 is 7.42. The first-order valence-electron chi connectivity index (χ1n) is 3.39. The molecule has 0 saturated heterocycles. The zero-order valence-corrected chi connectivity index (χ0v) is 7.95. The quantitative estimate of drug-likeness (QED) is 0.705. The van der Waals surface area contributed by atoms with Crippen molar-refractivity contribution in [2.45, 2.75) is 0 Å². The molecule has 1 aromatic heterocycles. The fourth-order valence-electron chi connectivity index (χ4n) is 1.05. The van der Waals surface area contributed by atoms with Crippen molar-refractivity contribution in [3.05, 3.63) is 22.5 Å². The third kappa shape index (κ3) is 1.06. The molecule has 2 nitrogen and oxygen atoms in total. The summed E-state index contributed by atoms with van der Waals surface area (Å²) in [7, 11) is 1.60. The first-order chi connectivity index (χ1) is 5.83. The minimum Gasteiger partial charge on any atom is -0.495 e. The van der Waals surface area contributed by atoms with Gasteiger partial charge in [0.1, 0.15) is 5.75 Å². The van der Waals surface area contributed by atoms with Gasteiger partial charge in [0.15, 0.2) is 0 Å². The number of fused-ring (bicyclic) bond motifs is 1. The SMILES string of the molecule is COc1ccc2nscc2c1Cl. The molecule has 62 valence electrons. The summed E-state index contributed by atoms with van der Waals surface area (Å²) < 4.78 is 9.22. The predicted molar refractivity (Wildman–Crippen MR) is 51.2 cm³/mol. The van der Waals surface area contributed by atoms with E-state index in [0.717, 1.165) is 10.9 Å². The Labute approximate surface area is 78.9 Å². The van der Waals surface area contributed by atoms with Crippen LogP contribution in [0, 0.1) is 0 Å². The number of ether oxygens (including phenoxy) is 1. The van der Waals surface area contributed by atoms with Gasteiger partial charge in [0.25, 0.3) is 0 Å². The Morgan fingerprint density at radius 2 is 2.33 bits per heavy atom. The van der Waals surface area contributed by atoms with Gasteiger partial charge in [-0.1, -0.05) is 11.6 Å². The second kappa shape index (κ2) is 2.92. The Morgan fingerprint density at radius 3 is 3.08 bits per heavy atom. The summed E-state index contributed by atoms with van der Waals surface area (Å²) in [5.41, 5.74) is 0.922. The van der Waals surface area contributed by atoms with Gasteiger partial charge in [-0.3, -0.25) is 0 Å². The molecule has 0 spiro atoms. The van der Waals surface area contributed by atoms with Crippen molar-refractivity contribution in [2.24, 2.45) is 0 Å². The smallest absolute Gasteiger partial charge is 0.138 e. The minimum atomic E-state index is 0.642. The van der Waals surface area contributed by atoms with Crippen molar-refractivity contribution in [3.8, 4) is 5.75 Å². The lowest BCUT2D eigenvalue weighted by atomic mass is 10.2. The highest BCUT2D eigenvalue weighted by molar-refractivity contribution is 7.04. The van der Waals surface area contributed by atoms with Crippen LogP contribution in [0.5, 0.6) is 5.75 Å². The standard InChI is InChI=1S/C8H6ClNOS/c1-11-7-3-2-6-5(8(7)9)4-12-10-6/h2-4H,1H3. The zero-order chi connectivity index (χ0) is 8.55. The van der Waals surface area contributed by atoms with Crippen molar-refractivity contribution < 1.29 is 4.74 Å². The van der Waals surface area contributed by atoms with Crippen molar-refractivity contribution in [1.29, 1.82) is 0 Å². The number of hydrogen-bond donors (Lipinski definition) is 0. The van der Waals surface area contributed by atoms with Gasteiger partial charge < -0.3 is 4.74 Å². The second-order valence-electron chi connectivity index (χ2n) is 2.33. The van der Waals surface area contributed by atoms with Crippen molar-refractivity contribution in [2.75, 3.05) is 7.11 Å². The number of benzene rings is 1. The van der Waals surface area contributed by atoms with E-state index in [9.17, 15) is 0 Å². The van der Waals surface area contributed by atoms with E-state index < -0.39 is 0 Å². The van der Waals surface area contributed by atoms with Crippen LogP contribution in [0.3, 0.4) is 0 Å². The molecule has 2 aromatic rings. The molecule has 1 aromatic carbocycles. The molecule has 0 radical (unpaired) electrons. The van der Waals surface area contributed by atoms with Gasteiger partial charge in [0.05, 0.1) is 17.6 Å². The summed E-state index contributed by atoms with van der Waals surface area (Å²) in [5.74, 6) is 0.698. The average molecular weight is 200 g/mol. The van der Waals surface area contributed by atoms with Crippen molar-refractivity contribution >= 4 is 34.0 Å². The lowest BCUT2D eigenvalue weighted by Crippen LogP contribution is -1.83. The van der Waals surface area contributed by atoms with Gasteiger partial charge in [-0.05, 0) is 23.7 Å². The topological polar surface area (TPSA) is 22.1 Å². The Morgan fingerprint density at radius 1 is 1.50 bits per heavy atom. The summed E-state index contributed by atoms with van der Waals surface area (Å²) in [6.45, 7) is 0. The average Bonchev–Trinajstić information content (AvgIpc) is 2.53. The molecule has 0 aliphatic carbocycles. The number of hydrogen-bond acceptors (Lipinski definition) is 3. The molecule has 0 bridgehead atoms. The maximum Gasteiger partial charge on any atom is 0.138 e. The van der Waals surface area contributed by atoms with Crippen LogP contribution >= 0.6 is 23.1 Å². The molecule has 0 fully saturated rings. The Kier molecular flexibility index (Phi) is 1.90. The lowest BCUT2D eigenvalue weighted by Gasteiger charge is -2.01. The molecule has 0 unspecified atom stereocenters. The molecular formula is C8H6ClNOS. The van der Waals surface area contributed by atoms with Gasteiger partial charge in [-0.25, -0.2) is 0 Å². The molecule has 0 N–H and O–H groups in total. The van der Waals surface area contributed by atoms with Gasteiger partial charge in [-0.2, -0.15) is 4.37 Å². The van der Waals surface area contributed by atoms with Crippen LogP contribution in [0.15, 0.2) is 17.5 Å². The first kappa shape index (κ1) is 7.83. The molecular weight excluding hydrogens is 194 g/mol. The Balaban J connectivity index is 2.78. The second-order valence-corrected chi connectivity index (χ2v) is 3.34. The number of halogens is 1. The molecule has 12 heavy (non-hydrogen) atoms. The largest absolute Gasteiger partial charge is 0.495 e. The summed E-state index contributed by atoms with van der Waals surface area (Å²) in [6.07, 6.45) is 0. The van der Waals surface area contributed by atoms with Gasteiger partial charge in [0.2, 0.25) is 0 Å². The van der Waals surface area contributed by atoms with E-state index in [2.05, 4.69) is 4.37 Å². The maximum absolute atomic E-state index is 6.02. The maximum atomic E-state index is 6.02. The van der Waals surface area contributed by atoms with E-state index >= 15 is 0 Å². The molecule has 0 aliphatic rings. The van der Waals surface area contributed by atoms with Crippen LogP contribution < -0.4 is 4.74 Å².